The van der Waals surface area contributed by atoms with Gasteiger partial charge in [0.1, 0.15) is 11.9 Å². The number of aromatic nitrogens is 2. The first kappa shape index (κ1) is 16.1. The lowest BCUT2D eigenvalue weighted by molar-refractivity contribution is 0.0858. The van der Waals surface area contributed by atoms with Gasteiger partial charge < -0.3 is 9.72 Å². The molecule has 3 aromatic rings. The Hall–Kier alpha value is -1.81. The highest BCUT2D eigenvalue weighted by Gasteiger charge is 2.18. The van der Waals surface area contributed by atoms with Crippen LogP contribution >= 0.6 is 23.2 Å². The van der Waals surface area contributed by atoms with E-state index in [1.807, 2.05) is 55.5 Å². The van der Waals surface area contributed by atoms with Gasteiger partial charge in [-0.1, -0.05) is 47.5 Å². The van der Waals surface area contributed by atoms with Gasteiger partial charge in [-0.25, -0.2) is 4.98 Å². The number of aromatic amines is 1. The second-order valence-electron chi connectivity index (χ2n) is 5.08. The fourth-order valence-corrected chi connectivity index (χ4v) is 2.64. The number of hydrogen-bond acceptors (Lipinski definition) is 2. The zero-order valence-corrected chi connectivity index (χ0v) is 14.1. The Labute approximate surface area is 145 Å². The maximum Gasteiger partial charge on any atom is 0.140 e. The van der Waals surface area contributed by atoms with Crippen molar-refractivity contribution in [1.29, 1.82) is 0 Å². The van der Waals surface area contributed by atoms with Crippen LogP contribution in [0, 0.1) is 0 Å². The van der Waals surface area contributed by atoms with Crippen molar-refractivity contribution in [3.8, 4) is 11.3 Å². The minimum Gasteiger partial charge on any atom is -0.366 e. The Morgan fingerprint density at radius 2 is 1.61 bits per heavy atom. The third-order valence-electron chi connectivity index (χ3n) is 3.51. The van der Waals surface area contributed by atoms with Gasteiger partial charge in [-0.05, 0) is 42.3 Å². The Morgan fingerprint density at radius 3 is 2.22 bits per heavy atom. The quantitative estimate of drug-likeness (QED) is 0.661. The molecule has 5 heteroatoms. The molecular formula is C18H16Cl2N2O. The zero-order chi connectivity index (χ0) is 16.2. The monoisotopic (exact) mass is 346 g/mol. The molecule has 23 heavy (non-hydrogen) atoms. The SMILES string of the molecule is CCO[C@@H](c1ccc(Cl)cc1)c1ncc(-c2ccc(Cl)cc2)[nH]1. The van der Waals surface area contributed by atoms with Crippen molar-refractivity contribution in [2.75, 3.05) is 6.61 Å². The van der Waals surface area contributed by atoms with E-state index in [1.165, 1.54) is 0 Å². The predicted octanol–water partition coefficient (Wildman–Crippen LogP) is 5.51. The van der Waals surface area contributed by atoms with Crippen molar-refractivity contribution in [1.82, 2.24) is 9.97 Å². The van der Waals surface area contributed by atoms with E-state index in [9.17, 15) is 0 Å². The Kier molecular flexibility index (Phi) is 5.01. The summed E-state index contributed by atoms with van der Waals surface area (Å²) in [6.07, 6.45) is 1.55. The molecule has 2 aromatic carbocycles. The maximum atomic E-state index is 5.96. The van der Waals surface area contributed by atoms with Crippen molar-refractivity contribution in [3.05, 3.63) is 76.2 Å². The topological polar surface area (TPSA) is 37.9 Å². The fourth-order valence-electron chi connectivity index (χ4n) is 2.38. The van der Waals surface area contributed by atoms with Crippen LogP contribution in [-0.2, 0) is 4.74 Å². The highest BCUT2D eigenvalue weighted by molar-refractivity contribution is 6.30. The fraction of sp³-hybridized carbons (Fsp3) is 0.167. The summed E-state index contributed by atoms with van der Waals surface area (Å²) in [7, 11) is 0. The summed E-state index contributed by atoms with van der Waals surface area (Å²) < 4.78 is 5.86. The van der Waals surface area contributed by atoms with Crippen molar-refractivity contribution < 1.29 is 4.74 Å². The lowest BCUT2D eigenvalue weighted by Crippen LogP contribution is -2.08. The van der Waals surface area contributed by atoms with Gasteiger partial charge in [0.05, 0.1) is 11.9 Å². The van der Waals surface area contributed by atoms with Gasteiger partial charge in [-0.15, -0.1) is 0 Å². The maximum absolute atomic E-state index is 5.96. The molecule has 1 atom stereocenters. The van der Waals surface area contributed by atoms with Crippen LogP contribution in [0.2, 0.25) is 10.0 Å². The van der Waals surface area contributed by atoms with E-state index in [-0.39, 0.29) is 6.10 Å². The number of nitrogens with one attached hydrogen (secondary N) is 1. The number of nitrogens with zero attached hydrogens (tertiary/aromatic N) is 1. The first-order chi connectivity index (χ1) is 11.2. The number of benzene rings is 2. The van der Waals surface area contributed by atoms with E-state index in [2.05, 4.69) is 9.97 Å². The summed E-state index contributed by atoms with van der Waals surface area (Å²) >= 11 is 11.9. The lowest BCUT2D eigenvalue weighted by Gasteiger charge is -2.15. The molecule has 1 aromatic heterocycles. The Morgan fingerprint density at radius 1 is 1.00 bits per heavy atom. The van der Waals surface area contributed by atoms with E-state index >= 15 is 0 Å². The van der Waals surface area contributed by atoms with Gasteiger partial charge in [-0.2, -0.15) is 0 Å². The largest absolute Gasteiger partial charge is 0.366 e. The first-order valence-corrected chi connectivity index (χ1v) is 8.11. The number of halogens is 2. The van der Waals surface area contributed by atoms with E-state index in [0.717, 1.165) is 22.6 Å². The molecule has 3 nitrogen and oxygen atoms in total. The lowest BCUT2D eigenvalue weighted by atomic mass is 10.1. The number of imidazole rings is 1. The first-order valence-electron chi connectivity index (χ1n) is 7.35. The molecule has 118 valence electrons. The molecule has 0 radical (unpaired) electrons. The van der Waals surface area contributed by atoms with Crippen LogP contribution < -0.4 is 0 Å². The third kappa shape index (κ3) is 3.75. The summed E-state index contributed by atoms with van der Waals surface area (Å²) in [6.45, 7) is 2.55. The van der Waals surface area contributed by atoms with Crippen LogP contribution in [0.15, 0.2) is 54.7 Å². The Balaban J connectivity index is 1.91. The molecule has 0 fully saturated rings. The molecule has 0 bridgehead atoms. The highest BCUT2D eigenvalue weighted by Crippen LogP contribution is 2.27. The van der Waals surface area contributed by atoms with E-state index in [0.29, 0.717) is 16.7 Å². The van der Waals surface area contributed by atoms with Crippen LogP contribution in [0.4, 0.5) is 0 Å². The highest BCUT2D eigenvalue weighted by atomic mass is 35.5. The van der Waals surface area contributed by atoms with E-state index < -0.39 is 0 Å². The number of hydrogen-bond donors (Lipinski definition) is 1. The summed E-state index contributed by atoms with van der Waals surface area (Å²) in [5.74, 6) is 0.763. The molecular weight excluding hydrogens is 331 g/mol. The van der Waals surface area contributed by atoms with Crippen molar-refractivity contribution in [2.24, 2.45) is 0 Å². The van der Waals surface area contributed by atoms with Gasteiger partial charge in [0.2, 0.25) is 0 Å². The summed E-state index contributed by atoms with van der Waals surface area (Å²) in [5.41, 5.74) is 2.96. The van der Waals surface area contributed by atoms with Gasteiger partial charge in [0.25, 0.3) is 0 Å². The number of ether oxygens (including phenoxy) is 1. The minimum absolute atomic E-state index is 0.252. The third-order valence-corrected chi connectivity index (χ3v) is 4.01. The Bertz CT molecular complexity index is 766. The van der Waals surface area contributed by atoms with Crippen LogP contribution in [0.25, 0.3) is 11.3 Å². The van der Waals surface area contributed by atoms with Crippen LogP contribution in [0.5, 0.6) is 0 Å². The zero-order valence-electron chi connectivity index (χ0n) is 12.6. The molecule has 0 saturated carbocycles. The van der Waals surface area contributed by atoms with Crippen molar-refractivity contribution >= 4 is 23.2 Å². The predicted molar refractivity (Wildman–Crippen MR) is 94.0 cm³/mol. The smallest absolute Gasteiger partial charge is 0.140 e. The average Bonchev–Trinajstić information content (AvgIpc) is 3.04. The minimum atomic E-state index is -0.252. The van der Waals surface area contributed by atoms with Gasteiger partial charge in [-0.3, -0.25) is 0 Å². The second-order valence-corrected chi connectivity index (χ2v) is 5.95. The van der Waals surface area contributed by atoms with E-state index in [1.54, 1.807) is 6.20 Å². The normalized spacial score (nSPS) is 12.3. The van der Waals surface area contributed by atoms with Crippen molar-refractivity contribution in [3.63, 3.8) is 0 Å². The molecule has 0 aliphatic heterocycles. The molecule has 0 saturated heterocycles. The van der Waals surface area contributed by atoms with Gasteiger partial charge in [0.15, 0.2) is 0 Å². The molecule has 3 rings (SSSR count). The average molecular weight is 347 g/mol. The van der Waals surface area contributed by atoms with Gasteiger partial charge in [0, 0.05) is 16.7 Å². The summed E-state index contributed by atoms with van der Waals surface area (Å²) in [4.78, 5) is 7.82. The summed E-state index contributed by atoms with van der Waals surface area (Å²) in [6, 6.07) is 15.2. The molecule has 0 amide bonds. The molecule has 0 unspecified atom stereocenters. The second kappa shape index (κ2) is 7.18. The molecule has 0 spiro atoms. The van der Waals surface area contributed by atoms with Crippen LogP contribution in [0.1, 0.15) is 24.4 Å². The summed E-state index contributed by atoms with van der Waals surface area (Å²) in [5, 5.41) is 1.41. The number of H-pyrrole nitrogens is 1. The number of rotatable bonds is 5. The van der Waals surface area contributed by atoms with Crippen LogP contribution in [-0.4, -0.2) is 16.6 Å². The van der Waals surface area contributed by atoms with E-state index in [4.69, 9.17) is 27.9 Å². The van der Waals surface area contributed by atoms with Crippen LogP contribution in [0.3, 0.4) is 0 Å². The van der Waals surface area contributed by atoms with Gasteiger partial charge >= 0.3 is 0 Å². The molecule has 0 aliphatic carbocycles. The molecule has 0 aliphatic rings. The molecule has 1 heterocycles. The van der Waals surface area contributed by atoms with Crippen molar-refractivity contribution in [2.45, 2.75) is 13.0 Å². The molecule has 1 N–H and O–H groups in total. The standard InChI is InChI=1S/C18H16Cl2N2O/c1-2-23-17(13-5-9-15(20)10-6-13)18-21-11-16(22-18)12-3-7-14(19)8-4-12/h3-11,17H,2H2,1H3,(H,21,22)/t17-/m0/s1.